The van der Waals surface area contributed by atoms with Gasteiger partial charge in [-0.3, -0.25) is 9.69 Å². The Labute approximate surface area is 118 Å². The lowest BCUT2D eigenvalue weighted by atomic mass is 10.0. The van der Waals surface area contributed by atoms with Crippen LogP contribution in [0.15, 0.2) is 0 Å². The lowest BCUT2D eigenvalue weighted by molar-refractivity contribution is -0.130. The van der Waals surface area contributed by atoms with E-state index in [1.807, 2.05) is 11.9 Å². The zero-order valence-corrected chi connectivity index (χ0v) is 12.9. The van der Waals surface area contributed by atoms with Gasteiger partial charge in [-0.2, -0.15) is 0 Å². The van der Waals surface area contributed by atoms with Crippen LogP contribution in [0, 0.1) is 5.92 Å². The number of hydrogen-bond donors (Lipinski definition) is 1. The van der Waals surface area contributed by atoms with Crippen LogP contribution in [0.2, 0.25) is 0 Å². The second-order valence-electron chi connectivity index (χ2n) is 5.92. The van der Waals surface area contributed by atoms with Gasteiger partial charge in [0, 0.05) is 26.1 Å². The molecule has 0 saturated carbocycles. The van der Waals surface area contributed by atoms with Crippen LogP contribution in [0.4, 0.5) is 0 Å². The minimum absolute atomic E-state index is 0.284. The van der Waals surface area contributed by atoms with E-state index < -0.39 is 0 Å². The highest BCUT2D eigenvalue weighted by atomic mass is 16.2. The normalized spacial score (nSPS) is 21.6. The zero-order chi connectivity index (χ0) is 14.3. The van der Waals surface area contributed by atoms with E-state index in [9.17, 15) is 4.79 Å². The monoisotopic (exact) mass is 269 g/mol. The summed E-state index contributed by atoms with van der Waals surface area (Å²) in [4.78, 5) is 16.5. The van der Waals surface area contributed by atoms with Gasteiger partial charge in [0.05, 0.1) is 0 Å². The molecule has 0 bridgehead atoms. The van der Waals surface area contributed by atoms with E-state index in [-0.39, 0.29) is 5.91 Å². The van der Waals surface area contributed by atoms with Gasteiger partial charge in [0.15, 0.2) is 0 Å². The number of carbonyl (C=O) groups excluding carboxylic acids is 1. The van der Waals surface area contributed by atoms with Crippen LogP contribution in [-0.4, -0.2) is 55.0 Å². The quantitative estimate of drug-likeness (QED) is 0.729. The maximum atomic E-state index is 12.1. The van der Waals surface area contributed by atoms with Crippen molar-refractivity contribution in [3.05, 3.63) is 0 Å². The van der Waals surface area contributed by atoms with Gasteiger partial charge < -0.3 is 10.6 Å². The van der Waals surface area contributed by atoms with Crippen LogP contribution >= 0.6 is 0 Å². The standard InChI is InChI=1S/C15H31N3O/c1-4-18-11-5-6-14(18)12-17(3)15(19)8-7-13(2)9-10-16/h13-14H,4-12,16H2,1-3H3. The molecule has 2 N–H and O–H groups in total. The second-order valence-corrected chi connectivity index (χ2v) is 5.92. The first-order chi connectivity index (χ1) is 9.08. The summed E-state index contributed by atoms with van der Waals surface area (Å²) in [5.74, 6) is 0.841. The minimum atomic E-state index is 0.284. The van der Waals surface area contributed by atoms with Crippen molar-refractivity contribution >= 4 is 5.91 Å². The summed E-state index contributed by atoms with van der Waals surface area (Å²) in [6, 6.07) is 0.570. The Kier molecular flexibility index (Phi) is 7.39. The fourth-order valence-electron chi connectivity index (χ4n) is 2.93. The molecule has 4 nitrogen and oxygen atoms in total. The van der Waals surface area contributed by atoms with E-state index in [2.05, 4.69) is 18.7 Å². The molecule has 1 fully saturated rings. The fraction of sp³-hybridized carbons (Fsp3) is 0.933. The molecule has 1 aliphatic heterocycles. The second kappa shape index (κ2) is 8.54. The molecular weight excluding hydrogens is 238 g/mol. The maximum absolute atomic E-state index is 12.1. The van der Waals surface area contributed by atoms with Crippen LogP contribution in [-0.2, 0) is 4.79 Å². The number of rotatable bonds is 8. The first kappa shape index (κ1) is 16.4. The average molecular weight is 269 g/mol. The van der Waals surface area contributed by atoms with Crippen molar-refractivity contribution < 1.29 is 4.79 Å². The highest BCUT2D eigenvalue weighted by Gasteiger charge is 2.25. The summed E-state index contributed by atoms with van der Waals surface area (Å²) in [6.07, 6.45) is 5.14. The van der Waals surface area contributed by atoms with Crippen LogP contribution in [0.5, 0.6) is 0 Å². The van der Waals surface area contributed by atoms with Crippen LogP contribution in [0.25, 0.3) is 0 Å². The number of likely N-dealkylation sites (N-methyl/N-ethyl adjacent to an activating group) is 2. The van der Waals surface area contributed by atoms with Gasteiger partial charge in [-0.15, -0.1) is 0 Å². The molecule has 0 aliphatic carbocycles. The lowest BCUT2D eigenvalue weighted by Crippen LogP contribution is -2.41. The molecule has 0 aromatic carbocycles. The predicted octanol–water partition coefficient (Wildman–Crippen LogP) is 1.69. The molecule has 0 aromatic heterocycles. The van der Waals surface area contributed by atoms with Crippen molar-refractivity contribution in [3.63, 3.8) is 0 Å². The topological polar surface area (TPSA) is 49.6 Å². The lowest BCUT2D eigenvalue weighted by Gasteiger charge is -2.28. The Hall–Kier alpha value is -0.610. The van der Waals surface area contributed by atoms with E-state index in [0.29, 0.717) is 18.4 Å². The predicted molar refractivity (Wildman–Crippen MR) is 80.0 cm³/mol. The van der Waals surface area contributed by atoms with Gasteiger partial charge in [0.25, 0.3) is 0 Å². The molecule has 1 aliphatic rings. The van der Waals surface area contributed by atoms with E-state index >= 15 is 0 Å². The molecule has 0 spiro atoms. The third-order valence-electron chi connectivity index (χ3n) is 4.33. The van der Waals surface area contributed by atoms with E-state index in [4.69, 9.17) is 5.73 Å². The maximum Gasteiger partial charge on any atom is 0.222 e. The number of nitrogens with zero attached hydrogens (tertiary/aromatic N) is 2. The number of carbonyl (C=O) groups is 1. The van der Waals surface area contributed by atoms with Crippen LogP contribution < -0.4 is 5.73 Å². The van der Waals surface area contributed by atoms with Crippen molar-refractivity contribution in [2.24, 2.45) is 11.7 Å². The number of amides is 1. The Morgan fingerprint density at radius 1 is 1.47 bits per heavy atom. The number of hydrogen-bond acceptors (Lipinski definition) is 3. The first-order valence-corrected chi connectivity index (χ1v) is 7.76. The van der Waals surface area contributed by atoms with Gasteiger partial charge in [-0.05, 0) is 51.2 Å². The Morgan fingerprint density at radius 2 is 2.21 bits per heavy atom. The van der Waals surface area contributed by atoms with Gasteiger partial charge in [0.1, 0.15) is 0 Å². The molecule has 2 unspecified atom stereocenters. The molecule has 1 heterocycles. The fourth-order valence-corrected chi connectivity index (χ4v) is 2.93. The molecule has 1 saturated heterocycles. The molecule has 0 aromatic rings. The molecule has 1 amide bonds. The Bertz CT molecular complexity index is 270. The summed E-state index contributed by atoms with van der Waals surface area (Å²) in [6.45, 7) is 8.28. The van der Waals surface area contributed by atoms with Crippen molar-refractivity contribution in [1.29, 1.82) is 0 Å². The van der Waals surface area contributed by atoms with Crippen LogP contribution in [0.1, 0.15) is 46.0 Å². The van der Waals surface area contributed by atoms with Gasteiger partial charge in [0.2, 0.25) is 5.91 Å². The smallest absolute Gasteiger partial charge is 0.222 e. The van der Waals surface area contributed by atoms with Crippen molar-refractivity contribution in [2.45, 2.75) is 52.0 Å². The summed E-state index contributed by atoms with van der Waals surface area (Å²) < 4.78 is 0. The van der Waals surface area contributed by atoms with Crippen molar-refractivity contribution in [2.75, 3.05) is 33.2 Å². The highest BCUT2D eigenvalue weighted by molar-refractivity contribution is 5.75. The Balaban J connectivity index is 2.28. The third-order valence-corrected chi connectivity index (χ3v) is 4.33. The molecule has 0 radical (unpaired) electrons. The number of nitrogens with two attached hydrogens (primary N) is 1. The van der Waals surface area contributed by atoms with E-state index in [0.717, 1.165) is 32.5 Å². The van der Waals surface area contributed by atoms with E-state index in [1.165, 1.54) is 19.4 Å². The molecule has 1 rings (SSSR count). The van der Waals surface area contributed by atoms with Gasteiger partial charge in [-0.1, -0.05) is 13.8 Å². The number of likely N-dealkylation sites (tertiary alicyclic amines) is 1. The van der Waals surface area contributed by atoms with E-state index in [1.54, 1.807) is 0 Å². The average Bonchev–Trinajstić information content (AvgIpc) is 2.83. The van der Waals surface area contributed by atoms with Gasteiger partial charge in [-0.25, -0.2) is 0 Å². The summed E-state index contributed by atoms with van der Waals surface area (Å²) in [5.41, 5.74) is 5.53. The highest BCUT2D eigenvalue weighted by Crippen LogP contribution is 2.18. The van der Waals surface area contributed by atoms with Crippen molar-refractivity contribution in [3.8, 4) is 0 Å². The SMILES string of the molecule is CCN1CCCC1CN(C)C(=O)CCC(C)CCN. The summed E-state index contributed by atoms with van der Waals surface area (Å²) in [5, 5.41) is 0. The molecule has 112 valence electrons. The first-order valence-electron chi connectivity index (χ1n) is 7.76. The molecule has 19 heavy (non-hydrogen) atoms. The molecular formula is C15H31N3O. The molecule has 4 heteroatoms. The van der Waals surface area contributed by atoms with Crippen LogP contribution in [0.3, 0.4) is 0 Å². The molecule has 2 atom stereocenters. The third kappa shape index (κ3) is 5.49. The minimum Gasteiger partial charge on any atom is -0.344 e. The summed E-state index contributed by atoms with van der Waals surface area (Å²) >= 11 is 0. The van der Waals surface area contributed by atoms with Crippen molar-refractivity contribution in [1.82, 2.24) is 9.80 Å². The Morgan fingerprint density at radius 3 is 2.84 bits per heavy atom. The summed E-state index contributed by atoms with van der Waals surface area (Å²) in [7, 11) is 1.95. The largest absolute Gasteiger partial charge is 0.344 e. The zero-order valence-electron chi connectivity index (χ0n) is 12.9. The van der Waals surface area contributed by atoms with Gasteiger partial charge >= 0.3 is 0 Å².